The third-order valence-corrected chi connectivity index (χ3v) is 7.61. The van der Waals surface area contributed by atoms with E-state index in [9.17, 15) is 15.2 Å². The highest BCUT2D eigenvalue weighted by atomic mass is 16.5. The lowest BCUT2D eigenvalue weighted by Crippen LogP contribution is -2.24. The van der Waals surface area contributed by atoms with Gasteiger partial charge >= 0.3 is 5.97 Å². The average Bonchev–Trinajstić information content (AvgIpc) is 3.44. The van der Waals surface area contributed by atoms with Crippen LogP contribution in [0.25, 0.3) is 22.6 Å². The molecule has 1 aliphatic rings. The lowest BCUT2D eigenvalue weighted by Gasteiger charge is -2.30. The van der Waals surface area contributed by atoms with Crippen LogP contribution >= 0.6 is 0 Å². The van der Waals surface area contributed by atoms with E-state index in [2.05, 4.69) is 33.3 Å². The molecule has 3 aromatic heterocycles. The van der Waals surface area contributed by atoms with Crippen LogP contribution in [0, 0.1) is 23.2 Å². The molecule has 4 aromatic rings. The van der Waals surface area contributed by atoms with Crippen molar-refractivity contribution in [2.75, 3.05) is 12.8 Å². The maximum atomic E-state index is 11.3. The predicted octanol–water partition coefficient (Wildman–Crippen LogP) is 4.30. The van der Waals surface area contributed by atoms with Crippen molar-refractivity contribution in [1.29, 1.82) is 5.26 Å². The van der Waals surface area contributed by atoms with Crippen molar-refractivity contribution in [2.24, 2.45) is 11.8 Å². The van der Waals surface area contributed by atoms with Crippen molar-refractivity contribution in [3.05, 3.63) is 65.6 Å². The zero-order chi connectivity index (χ0) is 28.2. The summed E-state index contributed by atoms with van der Waals surface area (Å²) >= 11 is 0. The number of anilines is 1. The first kappa shape index (κ1) is 26.7. The van der Waals surface area contributed by atoms with Gasteiger partial charge in [-0.25, -0.2) is 14.6 Å². The number of ether oxygens (including phenoxy) is 1. The van der Waals surface area contributed by atoms with Gasteiger partial charge < -0.3 is 15.6 Å². The smallest absolute Gasteiger partial charge is 0.306 e. The van der Waals surface area contributed by atoms with Gasteiger partial charge in [0.15, 0.2) is 0 Å². The maximum absolute atomic E-state index is 11.3. The summed E-state index contributed by atoms with van der Waals surface area (Å²) in [4.78, 5) is 24.9. The van der Waals surface area contributed by atoms with E-state index < -0.39 is 5.97 Å². The molecule has 1 saturated carbocycles. The van der Waals surface area contributed by atoms with E-state index in [0.717, 1.165) is 37.1 Å². The van der Waals surface area contributed by atoms with Gasteiger partial charge in [0.1, 0.15) is 17.5 Å². The summed E-state index contributed by atoms with van der Waals surface area (Å²) in [6.07, 6.45) is 5.01. The Morgan fingerprint density at radius 3 is 2.60 bits per heavy atom. The van der Waals surface area contributed by atoms with Gasteiger partial charge in [-0.2, -0.15) is 5.26 Å². The number of methoxy groups -OCH3 is 1. The maximum Gasteiger partial charge on any atom is 0.306 e. The number of nitrogens with zero attached hydrogens (tertiary/aromatic N) is 7. The molecule has 0 aliphatic heterocycles. The van der Waals surface area contributed by atoms with Gasteiger partial charge in [0.2, 0.25) is 5.95 Å². The van der Waals surface area contributed by atoms with Gasteiger partial charge in [0, 0.05) is 17.2 Å². The van der Waals surface area contributed by atoms with Crippen LogP contribution in [-0.4, -0.2) is 48.1 Å². The van der Waals surface area contributed by atoms with E-state index in [4.69, 9.17) is 15.5 Å². The summed E-state index contributed by atoms with van der Waals surface area (Å²) < 4.78 is 7.16. The number of aromatic nitrogens is 6. The molecule has 5 rings (SSSR count). The molecular formula is C29H30N8O3. The summed E-state index contributed by atoms with van der Waals surface area (Å²) in [6.45, 7) is 2.59. The third-order valence-electron chi connectivity index (χ3n) is 7.61. The Balaban J connectivity index is 1.34. The number of nitrogen functional groups attached to an aromatic ring is 1. The molecular weight excluding hydrogens is 508 g/mol. The van der Waals surface area contributed by atoms with Crippen LogP contribution < -0.4 is 10.5 Å². The molecule has 1 aliphatic carbocycles. The van der Waals surface area contributed by atoms with Gasteiger partial charge in [0.25, 0.3) is 0 Å². The molecule has 3 heterocycles. The minimum atomic E-state index is -0.688. The van der Waals surface area contributed by atoms with E-state index in [-0.39, 0.29) is 17.8 Å². The molecule has 0 saturated heterocycles. The monoisotopic (exact) mass is 538 g/mol. The zero-order valence-corrected chi connectivity index (χ0v) is 22.4. The predicted molar refractivity (Wildman–Crippen MR) is 147 cm³/mol. The van der Waals surface area contributed by atoms with Gasteiger partial charge in [-0.15, -0.1) is 5.10 Å². The van der Waals surface area contributed by atoms with Crippen molar-refractivity contribution in [1.82, 2.24) is 29.9 Å². The standard InChI is InChI=1S/C29H30N8O3/c1-17(18-9-11-19(12-10-18)28(38)39)23-8-4-6-21(32-23)15-37-16-26(35-36-37)25-13-24(33-29(31)34-25)22-7-3-5-20(14-30)27(22)40-2/h3-8,13,16-19H,9-12,15H2,1-2H3,(H,38,39)(H2,31,33,34)/t17-,18?,19?/m1/s1. The second kappa shape index (κ2) is 11.5. The number of nitriles is 1. The quantitative estimate of drug-likeness (QED) is 0.330. The molecule has 0 unspecified atom stereocenters. The highest BCUT2D eigenvalue weighted by molar-refractivity contribution is 5.74. The second-order valence-corrected chi connectivity index (χ2v) is 10.1. The Morgan fingerprint density at radius 2 is 1.88 bits per heavy atom. The first-order valence-corrected chi connectivity index (χ1v) is 13.2. The van der Waals surface area contributed by atoms with Crippen molar-refractivity contribution >= 4 is 11.9 Å². The van der Waals surface area contributed by atoms with E-state index >= 15 is 0 Å². The van der Waals surface area contributed by atoms with Crippen LogP contribution in [-0.2, 0) is 11.3 Å². The minimum absolute atomic E-state index is 0.0622. The molecule has 40 heavy (non-hydrogen) atoms. The highest BCUT2D eigenvalue weighted by Crippen LogP contribution is 2.38. The highest BCUT2D eigenvalue weighted by Gasteiger charge is 2.30. The number of hydrogen-bond acceptors (Lipinski definition) is 9. The van der Waals surface area contributed by atoms with E-state index in [1.54, 1.807) is 35.1 Å². The lowest BCUT2D eigenvalue weighted by atomic mass is 9.75. The second-order valence-electron chi connectivity index (χ2n) is 10.1. The number of carboxylic acids is 1. The van der Waals surface area contributed by atoms with Gasteiger partial charge in [-0.1, -0.05) is 24.3 Å². The number of carbonyl (C=O) groups is 1. The van der Waals surface area contributed by atoms with Gasteiger partial charge in [0.05, 0.1) is 48.4 Å². The molecule has 3 N–H and O–H groups in total. The number of hydrogen-bond donors (Lipinski definition) is 2. The Kier molecular flexibility index (Phi) is 7.68. The summed E-state index contributed by atoms with van der Waals surface area (Å²) in [7, 11) is 1.50. The number of benzene rings is 1. The molecule has 11 nitrogen and oxygen atoms in total. The average molecular weight is 539 g/mol. The van der Waals surface area contributed by atoms with Crippen LogP contribution in [0.5, 0.6) is 5.75 Å². The molecule has 1 atom stereocenters. The number of nitrogens with two attached hydrogens (primary N) is 1. The summed E-state index contributed by atoms with van der Waals surface area (Å²) in [5.41, 5.74) is 10.4. The number of pyridine rings is 1. The Hall–Kier alpha value is -4.85. The Bertz CT molecular complexity index is 1570. The van der Waals surface area contributed by atoms with E-state index in [1.165, 1.54) is 7.11 Å². The normalized spacial score (nSPS) is 17.6. The summed E-state index contributed by atoms with van der Waals surface area (Å²) in [5, 5.41) is 27.3. The van der Waals surface area contributed by atoms with Crippen molar-refractivity contribution in [2.45, 2.75) is 45.1 Å². The van der Waals surface area contributed by atoms with Gasteiger partial charge in [-0.3, -0.25) is 9.78 Å². The first-order chi connectivity index (χ1) is 19.4. The molecule has 0 spiro atoms. The minimum Gasteiger partial charge on any atom is -0.495 e. The molecule has 0 amide bonds. The first-order valence-electron chi connectivity index (χ1n) is 13.2. The molecule has 204 valence electrons. The fraction of sp³-hybridized carbons (Fsp3) is 0.345. The Labute approximate surface area is 231 Å². The topological polar surface area (TPSA) is 166 Å². The number of rotatable bonds is 8. The van der Waals surface area contributed by atoms with Crippen LogP contribution in [0.2, 0.25) is 0 Å². The largest absolute Gasteiger partial charge is 0.495 e. The fourth-order valence-corrected chi connectivity index (χ4v) is 5.39. The molecule has 0 radical (unpaired) electrons. The SMILES string of the molecule is COc1c(C#N)cccc1-c1cc(-c2cn(Cc3cccc([C@H](C)C4CCC(C(=O)O)CC4)n3)nn2)nc(N)n1. The molecule has 11 heteroatoms. The Morgan fingerprint density at radius 1 is 1.12 bits per heavy atom. The number of aliphatic carboxylic acids is 1. The van der Waals surface area contributed by atoms with Crippen molar-refractivity contribution in [3.8, 4) is 34.5 Å². The molecule has 1 fully saturated rings. The van der Waals surface area contributed by atoms with Crippen LogP contribution in [0.3, 0.4) is 0 Å². The van der Waals surface area contributed by atoms with Crippen LogP contribution in [0.4, 0.5) is 5.95 Å². The van der Waals surface area contributed by atoms with Gasteiger partial charge in [-0.05, 0) is 61.9 Å². The van der Waals surface area contributed by atoms with Crippen molar-refractivity contribution < 1.29 is 14.6 Å². The number of carboxylic acid groups (broad SMARTS) is 1. The third kappa shape index (κ3) is 5.61. The van der Waals surface area contributed by atoms with Crippen molar-refractivity contribution in [3.63, 3.8) is 0 Å². The van der Waals surface area contributed by atoms with E-state index in [1.807, 2.05) is 18.2 Å². The number of para-hydroxylation sites is 1. The summed E-state index contributed by atoms with van der Waals surface area (Å²) in [6, 6.07) is 15.1. The van der Waals surface area contributed by atoms with Crippen LogP contribution in [0.15, 0.2) is 48.7 Å². The molecule has 0 bridgehead atoms. The zero-order valence-electron chi connectivity index (χ0n) is 22.4. The molecule has 1 aromatic carbocycles. The van der Waals surface area contributed by atoms with Crippen LogP contribution in [0.1, 0.15) is 55.5 Å². The van der Waals surface area contributed by atoms with E-state index in [0.29, 0.717) is 46.4 Å². The lowest BCUT2D eigenvalue weighted by molar-refractivity contribution is -0.143. The summed E-state index contributed by atoms with van der Waals surface area (Å²) in [5.74, 6) is 0.212. The fourth-order valence-electron chi connectivity index (χ4n) is 5.39.